The molecule has 0 unspecified atom stereocenters. The van der Waals surface area contributed by atoms with Crippen molar-refractivity contribution in [1.82, 2.24) is 0 Å². The first-order chi connectivity index (χ1) is 9.07. The molecule has 1 aromatic carbocycles. The van der Waals surface area contributed by atoms with Crippen LogP contribution in [0.5, 0.6) is 0 Å². The van der Waals surface area contributed by atoms with Gasteiger partial charge in [0.15, 0.2) is 0 Å². The van der Waals surface area contributed by atoms with Gasteiger partial charge in [0.1, 0.15) is 5.78 Å². The van der Waals surface area contributed by atoms with E-state index in [1.165, 1.54) is 5.56 Å². The van der Waals surface area contributed by atoms with Crippen molar-refractivity contribution < 1.29 is 4.79 Å². The van der Waals surface area contributed by atoms with Crippen LogP contribution in [0.3, 0.4) is 0 Å². The molecule has 2 rings (SSSR count). The maximum absolute atomic E-state index is 12.7. The predicted molar refractivity (Wildman–Crippen MR) is 79.0 cm³/mol. The van der Waals surface area contributed by atoms with E-state index >= 15 is 0 Å². The summed E-state index contributed by atoms with van der Waals surface area (Å²) in [5.41, 5.74) is 8.05. The molecule has 0 atom stereocenters. The molecule has 2 heteroatoms. The third-order valence-electron chi connectivity index (χ3n) is 4.83. The van der Waals surface area contributed by atoms with Gasteiger partial charge in [-0.2, -0.15) is 0 Å². The maximum atomic E-state index is 12.7. The number of ketones is 1. The molecule has 2 N–H and O–H groups in total. The molecule has 104 valence electrons. The molecule has 1 aliphatic carbocycles. The zero-order chi connectivity index (χ0) is 13.9. The Morgan fingerprint density at radius 2 is 1.95 bits per heavy atom. The average molecular weight is 259 g/mol. The zero-order valence-corrected chi connectivity index (χ0v) is 12.1. The Hall–Kier alpha value is -1.15. The van der Waals surface area contributed by atoms with Gasteiger partial charge in [0.05, 0.1) is 0 Å². The first-order valence-corrected chi connectivity index (χ1v) is 7.35. The monoisotopic (exact) mass is 259 g/mol. The minimum Gasteiger partial charge on any atom is -0.329 e. The number of rotatable bonds is 4. The van der Waals surface area contributed by atoms with Gasteiger partial charge in [0.2, 0.25) is 0 Å². The predicted octanol–water partition coefficient (Wildman–Crippen LogP) is 3.26. The first kappa shape index (κ1) is 14.3. The van der Waals surface area contributed by atoms with Crippen LogP contribution in [0.2, 0.25) is 0 Å². The van der Waals surface area contributed by atoms with Crippen LogP contribution in [-0.2, 0) is 11.2 Å². The Labute approximate surface area is 116 Å². The lowest BCUT2D eigenvalue weighted by molar-refractivity contribution is -0.129. The normalized spacial score (nSPS) is 27.2. The van der Waals surface area contributed by atoms with E-state index in [2.05, 4.69) is 26.0 Å². The van der Waals surface area contributed by atoms with E-state index in [4.69, 9.17) is 5.73 Å². The molecule has 0 saturated heterocycles. The van der Waals surface area contributed by atoms with Crippen molar-refractivity contribution in [2.45, 2.75) is 46.0 Å². The highest BCUT2D eigenvalue weighted by Crippen LogP contribution is 2.39. The number of hydrogen-bond acceptors (Lipinski definition) is 2. The Kier molecular flexibility index (Phi) is 4.41. The van der Waals surface area contributed by atoms with Crippen LogP contribution in [-0.4, -0.2) is 12.3 Å². The van der Waals surface area contributed by atoms with Gasteiger partial charge in [0.25, 0.3) is 0 Å². The summed E-state index contributed by atoms with van der Waals surface area (Å²) < 4.78 is 0. The molecule has 2 nitrogen and oxygen atoms in total. The Bertz CT molecular complexity index is 444. The second kappa shape index (κ2) is 5.87. The molecule has 0 aromatic heterocycles. The van der Waals surface area contributed by atoms with Gasteiger partial charge in [0, 0.05) is 18.4 Å². The van der Waals surface area contributed by atoms with Gasteiger partial charge >= 0.3 is 0 Å². The van der Waals surface area contributed by atoms with Crippen molar-refractivity contribution in [2.24, 2.45) is 17.1 Å². The Morgan fingerprint density at radius 3 is 2.53 bits per heavy atom. The SMILES string of the molecule is Cc1ccccc1CC(=O)C1(CN)CCC(C)CC1. The standard InChI is InChI=1S/C17H25NO/c1-13-7-9-17(12-18,10-8-13)16(19)11-15-6-4-3-5-14(15)2/h3-6,13H,7-12,18H2,1-2H3. The number of carbonyl (C=O) groups excluding carboxylic acids is 1. The van der Waals surface area contributed by atoms with E-state index in [0.29, 0.717) is 18.7 Å². The molecular weight excluding hydrogens is 234 g/mol. The molecule has 0 aliphatic heterocycles. The number of aryl methyl sites for hydroxylation is 1. The fraction of sp³-hybridized carbons (Fsp3) is 0.588. The smallest absolute Gasteiger partial charge is 0.144 e. The fourth-order valence-corrected chi connectivity index (χ4v) is 3.08. The highest BCUT2D eigenvalue weighted by atomic mass is 16.1. The average Bonchev–Trinajstić information content (AvgIpc) is 2.42. The fourth-order valence-electron chi connectivity index (χ4n) is 3.08. The van der Waals surface area contributed by atoms with Crippen molar-refractivity contribution in [3.63, 3.8) is 0 Å². The third kappa shape index (κ3) is 3.06. The molecule has 1 saturated carbocycles. The summed E-state index contributed by atoms with van der Waals surface area (Å²) in [7, 11) is 0. The molecular formula is C17H25NO. The maximum Gasteiger partial charge on any atom is 0.144 e. The van der Waals surface area contributed by atoms with E-state index in [1.54, 1.807) is 0 Å². The molecule has 1 aromatic rings. The number of nitrogens with two attached hydrogens (primary N) is 1. The van der Waals surface area contributed by atoms with E-state index in [0.717, 1.165) is 37.2 Å². The lowest BCUT2D eigenvalue weighted by Crippen LogP contribution is -2.42. The highest BCUT2D eigenvalue weighted by molar-refractivity contribution is 5.87. The quantitative estimate of drug-likeness (QED) is 0.902. The second-order valence-corrected chi connectivity index (χ2v) is 6.19. The molecule has 1 aliphatic rings. The first-order valence-electron chi connectivity index (χ1n) is 7.35. The Morgan fingerprint density at radius 1 is 1.32 bits per heavy atom. The van der Waals surface area contributed by atoms with Crippen LogP contribution in [0.1, 0.15) is 43.7 Å². The Balaban J connectivity index is 2.12. The van der Waals surface area contributed by atoms with E-state index < -0.39 is 0 Å². The van der Waals surface area contributed by atoms with Gasteiger partial charge in [-0.15, -0.1) is 0 Å². The molecule has 1 fully saturated rings. The third-order valence-corrected chi connectivity index (χ3v) is 4.83. The van der Waals surface area contributed by atoms with Gasteiger partial charge in [-0.05, 0) is 49.7 Å². The van der Waals surface area contributed by atoms with E-state index in [1.807, 2.05) is 12.1 Å². The topological polar surface area (TPSA) is 43.1 Å². The molecule has 0 heterocycles. The number of Topliss-reactive ketones (excluding diaryl/α,β-unsaturated/α-hetero) is 1. The number of carbonyl (C=O) groups is 1. The zero-order valence-electron chi connectivity index (χ0n) is 12.1. The van der Waals surface area contributed by atoms with Crippen LogP contribution in [0.4, 0.5) is 0 Å². The van der Waals surface area contributed by atoms with Gasteiger partial charge in [-0.1, -0.05) is 31.2 Å². The van der Waals surface area contributed by atoms with Crippen molar-refractivity contribution in [3.05, 3.63) is 35.4 Å². The number of benzene rings is 1. The van der Waals surface area contributed by atoms with E-state index in [9.17, 15) is 4.79 Å². The molecule has 0 radical (unpaired) electrons. The summed E-state index contributed by atoms with van der Waals surface area (Å²) in [6, 6.07) is 8.15. The minimum atomic E-state index is -0.255. The summed E-state index contributed by atoms with van der Waals surface area (Å²) in [6.45, 7) is 4.84. The summed E-state index contributed by atoms with van der Waals surface area (Å²) >= 11 is 0. The van der Waals surface area contributed by atoms with Gasteiger partial charge in [-0.25, -0.2) is 0 Å². The largest absolute Gasteiger partial charge is 0.329 e. The van der Waals surface area contributed by atoms with Crippen molar-refractivity contribution in [3.8, 4) is 0 Å². The lowest BCUT2D eigenvalue weighted by atomic mass is 9.67. The lowest BCUT2D eigenvalue weighted by Gasteiger charge is -2.37. The summed E-state index contributed by atoms with van der Waals surface area (Å²) in [4.78, 5) is 12.7. The van der Waals surface area contributed by atoms with Gasteiger partial charge in [-0.3, -0.25) is 4.79 Å². The van der Waals surface area contributed by atoms with Crippen LogP contribution in [0.25, 0.3) is 0 Å². The summed E-state index contributed by atoms with van der Waals surface area (Å²) in [5.74, 6) is 1.09. The molecule has 0 bridgehead atoms. The molecule has 19 heavy (non-hydrogen) atoms. The van der Waals surface area contributed by atoms with Crippen LogP contribution in [0.15, 0.2) is 24.3 Å². The summed E-state index contributed by atoms with van der Waals surface area (Å²) in [6.07, 6.45) is 4.75. The van der Waals surface area contributed by atoms with Crippen LogP contribution in [0, 0.1) is 18.3 Å². The van der Waals surface area contributed by atoms with E-state index in [-0.39, 0.29) is 5.41 Å². The van der Waals surface area contributed by atoms with Crippen molar-refractivity contribution in [1.29, 1.82) is 0 Å². The van der Waals surface area contributed by atoms with Crippen molar-refractivity contribution in [2.75, 3.05) is 6.54 Å². The van der Waals surface area contributed by atoms with Crippen molar-refractivity contribution >= 4 is 5.78 Å². The van der Waals surface area contributed by atoms with Gasteiger partial charge < -0.3 is 5.73 Å². The number of hydrogen-bond donors (Lipinski definition) is 1. The molecule has 0 amide bonds. The highest BCUT2D eigenvalue weighted by Gasteiger charge is 2.39. The molecule has 0 spiro atoms. The van der Waals surface area contributed by atoms with Crippen LogP contribution >= 0.6 is 0 Å². The summed E-state index contributed by atoms with van der Waals surface area (Å²) in [5, 5.41) is 0. The minimum absolute atomic E-state index is 0.255. The van der Waals surface area contributed by atoms with Crippen LogP contribution < -0.4 is 5.73 Å². The second-order valence-electron chi connectivity index (χ2n) is 6.19.